The van der Waals surface area contributed by atoms with Gasteiger partial charge in [-0.1, -0.05) is 60.3 Å². The Morgan fingerprint density at radius 3 is 1.92 bits per heavy atom. The number of Topliss-reactive ketones (excluding diaryl/α,β-unsaturated/α-hetero) is 1. The van der Waals surface area contributed by atoms with E-state index in [9.17, 15) is 14.4 Å². The quantitative estimate of drug-likeness (QED) is 0.267. The highest BCUT2D eigenvalue weighted by atomic mass is 16.6. The van der Waals surface area contributed by atoms with E-state index in [0.717, 1.165) is 51.4 Å². The van der Waals surface area contributed by atoms with Gasteiger partial charge < -0.3 is 36.3 Å². The van der Waals surface area contributed by atoms with Crippen LogP contribution in [0, 0.1) is 0 Å². The van der Waals surface area contributed by atoms with Crippen molar-refractivity contribution in [3.05, 3.63) is 0 Å². The van der Waals surface area contributed by atoms with Crippen molar-refractivity contribution < 1.29 is 36.2 Å². The fraction of sp³-hybridized carbons (Fsp3) is 0.889. The van der Waals surface area contributed by atoms with Crippen LogP contribution in [0.25, 0.3) is 0 Å². The minimum absolute atomic E-state index is 0. The molecule has 1 aliphatic rings. The van der Waals surface area contributed by atoms with E-state index in [1.165, 1.54) is 19.3 Å². The van der Waals surface area contributed by atoms with Gasteiger partial charge in [-0.05, 0) is 46.0 Å². The number of amides is 1. The maximum atomic E-state index is 11.3. The van der Waals surface area contributed by atoms with E-state index >= 15 is 0 Å². The highest BCUT2D eigenvalue weighted by Gasteiger charge is 2.26. The number of unbranched alkanes of at least 4 members (excludes halogenated alkanes) is 5. The van der Waals surface area contributed by atoms with Crippen LogP contribution in [0.2, 0.25) is 0 Å². The molecule has 1 rings (SSSR count). The first kappa shape index (κ1) is 44.4. The first-order valence-corrected chi connectivity index (χ1v) is 13.0. The third-order valence-corrected chi connectivity index (χ3v) is 5.42. The van der Waals surface area contributed by atoms with E-state index in [2.05, 4.69) is 26.1 Å². The van der Waals surface area contributed by atoms with Gasteiger partial charge in [0.25, 0.3) is 0 Å². The highest BCUT2D eigenvalue weighted by molar-refractivity contribution is 5.75. The van der Waals surface area contributed by atoms with Gasteiger partial charge in [-0.25, -0.2) is 0 Å². The Kier molecular flexibility index (Phi) is 38.9. The normalized spacial score (nSPS) is 17.7. The van der Waals surface area contributed by atoms with Gasteiger partial charge in [0.05, 0.1) is 12.2 Å². The molecule has 9 heteroatoms. The molecular weight excluding hydrogens is 464 g/mol. The van der Waals surface area contributed by atoms with Crippen LogP contribution in [0.15, 0.2) is 0 Å². The summed E-state index contributed by atoms with van der Waals surface area (Å²) in [5.41, 5.74) is 5.83. The standard InChI is InChI=1S/C12H23NO3.C8H17NO.C6H12O.CH4.2H2O.H2/c1-3-4-5-12(14)15-8-10-6-7-11(13)9(2)16-10;1-3-4-5-6-7-8(10)9-2;1-3-4-5-6(2)7;;;;/h9-11H,3-8,13H2,1-2H3;3-7H2,1-2H3,(H,9,10);3-5H2,1-2H3;1H4;2*1H2;1H/t9-,10?,11?;;;;;;/m0....../s1. The lowest BCUT2D eigenvalue weighted by Gasteiger charge is -2.32. The number of carbonyl (C=O) groups is 3. The van der Waals surface area contributed by atoms with E-state index < -0.39 is 0 Å². The first-order chi connectivity index (χ1) is 15.7. The number of nitrogens with one attached hydrogen (secondary N) is 1. The van der Waals surface area contributed by atoms with Gasteiger partial charge >= 0.3 is 5.97 Å². The van der Waals surface area contributed by atoms with Gasteiger partial charge in [0, 0.05) is 33.8 Å². The zero-order chi connectivity index (χ0) is 25.5. The number of ketones is 1. The zero-order valence-corrected chi connectivity index (χ0v) is 23.3. The first-order valence-electron chi connectivity index (χ1n) is 13.0. The topological polar surface area (TPSA) is 171 Å². The van der Waals surface area contributed by atoms with Crippen molar-refractivity contribution in [3.63, 3.8) is 0 Å². The molecule has 36 heavy (non-hydrogen) atoms. The molecule has 2 unspecified atom stereocenters. The fourth-order valence-electron chi connectivity index (χ4n) is 3.05. The average molecular weight is 527 g/mol. The van der Waals surface area contributed by atoms with Crippen LogP contribution in [0.5, 0.6) is 0 Å². The fourth-order valence-corrected chi connectivity index (χ4v) is 3.05. The molecule has 0 aromatic carbocycles. The number of ether oxygens (including phenoxy) is 2. The van der Waals surface area contributed by atoms with E-state index in [1.54, 1.807) is 14.0 Å². The van der Waals surface area contributed by atoms with E-state index in [-0.39, 0.29) is 49.9 Å². The molecule has 222 valence electrons. The van der Waals surface area contributed by atoms with Crippen molar-refractivity contribution in [2.24, 2.45) is 5.73 Å². The average Bonchev–Trinajstić information content (AvgIpc) is 2.80. The van der Waals surface area contributed by atoms with Gasteiger partial charge in [0.15, 0.2) is 0 Å². The Bertz CT molecular complexity index is 511. The largest absolute Gasteiger partial charge is 0.463 e. The molecule has 0 radical (unpaired) electrons. The predicted octanol–water partition coefficient (Wildman–Crippen LogP) is 4.32. The second-order valence-corrected chi connectivity index (χ2v) is 8.78. The monoisotopic (exact) mass is 526 g/mol. The molecule has 0 spiro atoms. The molecule has 0 aliphatic carbocycles. The second-order valence-electron chi connectivity index (χ2n) is 8.78. The summed E-state index contributed by atoms with van der Waals surface area (Å²) in [5.74, 6) is 0.353. The van der Waals surface area contributed by atoms with Crippen LogP contribution < -0.4 is 11.1 Å². The van der Waals surface area contributed by atoms with Crippen LogP contribution in [0.4, 0.5) is 0 Å². The van der Waals surface area contributed by atoms with E-state index in [0.29, 0.717) is 25.2 Å². The molecule has 0 aromatic heterocycles. The zero-order valence-electron chi connectivity index (χ0n) is 23.3. The third kappa shape index (κ3) is 30.5. The summed E-state index contributed by atoms with van der Waals surface area (Å²) in [7, 11) is 1.68. The molecule has 7 N–H and O–H groups in total. The lowest BCUT2D eigenvalue weighted by atomic mass is 10.0. The Labute approximate surface area is 222 Å². The van der Waals surface area contributed by atoms with Crippen molar-refractivity contribution in [2.75, 3.05) is 13.7 Å². The van der Waals surface area contributed by atoms with Crippen LogP contribution in [-0.2, 0) is 23.9 Å². The number of esters is 1. The maximum absolute atomic E-state index is 11.3. The summed E-state index contributed by atoms with van der Waals surface area (Å²) >= 11 is 0. The molecule has 1 amide bonds. The molecule has 0 saturated carbocycles. The third-order valence-electron chi connectivity index (χ3n) is 5.42. The van der Waals surface area contributed by atoms with Crippen LogP contribution in [-0.4, -0.2) is 60.5 Å². The molecule has 1 saturated heterocycles. The molecule has 9 nitrogen and oxygen atoms in total. The minimum atomic E-state index is -0.118. The van der Waals surface area contributed by atoms with Crippen molar-refractivity contribution in [2.45, 2.75) is 144 Å². The molecule has 0 bridgehead atoms. The lowest BCUT2D eigenvalue weighted by molar-refractivity contribution is -0.152. The molecule has 0 aromatic rings. The summed E-state index contributed by atoms with van der Waals surface area (Å²) in [6.45, 7) is 10.3. The summed E-state index contributed by atoms with van der Waals surface area (Å²) < 4.78 is 10.8. The summed E-state index contributed by atoms with van der Waals surface area (Å²) in [5, 5.41) is 2.60. The summed E-state index contributed by atoms with van der Waals surface area (Å²) in [4.78, 5) is 32.2. The smallest absolute Gasteiger partial charge is 0.305 e. The number of hydrogen-bond donors (Lipinski definition) is 2. The number of hydrogen-bond acceptors (Lipinski definition) is 6. The maximum Gasteiger partial charge on any atom is 0.305 e. The van der Waals surface area contributed by atoms with Crippen molar-refractivity contribution in [3.8, 4) is 0 Å². The number of carbonyl (C=O) groups excluding carboxylic acids is 3. The number of rotatable bonds is 13. The van der Waals surface area contributed by atoms with E-state index in [1.807, 2.05) is 6.92 Å². The van der Waals surface area contributed by atoms with Gasteiger partial charge in [0.2, 0.25) is 5.91 Å². The Balaban J connectivity index is -0.000000100. The SMILES string of the molecule is C.CCCCC(=O)OCC1CCC(N)[C@H](C)O1.CCCCC(C)=O.CCCCCCC(=O)NC.O.O.[HH]. The van der Waals surface area contributed by atoms with Gasteiger partial charge in [-0.3, -0.25) is 9.59 Å². The van der Waals surface area contributed by atoms with Crippen LogP contribution >= 0.6 is 0 Å². The van der Waals surface area contributed by atoms with Crippen molar-refractivity contribution >= 4 is 17.7 Å². The second kappa shape index (κ2) is 31.5. The molecular formula is C27H62N2O7. The summed E-state index contributed by atoms with van der Waals surface area (Å²) in [6, 6.07) is 0.118. The Hall–Kier alpha value is -1.55. The number of nitrogens with two attached hydrogens (primary N) is 1. The predicted molar refractivity (Wildman–Crippen MR) is 151 cm³/mol. The molecule has 1 aliphatic heterocycles. The van der Waals surface area contributed by atoms with Crippen LogP contribution in [0.1, 0.15) is 127 Å². The van der Waals surface area contributed by atoms with Gasteiger partial charge in [-0.15, -0.1) is 0 Å². The van der Waals surface area contributed by atoms with Crippen molar-refractivity contribution in [1.82, 2.24) is 5.32 Å². The molecule has 1 heterocycles. The van der Waals surface area contributed by atoms with Crippen molar-refractivity contribution in [1.29, 1.82) is 0 Å². The highest BCUT2D eigenvalue weighted by Crippen LogP contribution is 2.18. The molecule has 1 fully saturated rings. The molecule has 3 atom stereocenters. The Morgan fingerprint density at radius 1 is 0.917 bits per heavy atom. The van der Waals surface area contributed by atoms with Gasteiger partial charge in [0.1, 0.15) is 12.4 Å². The van der Waals surface area contributed by atoms with Crippen LogP contribution in [0.3, 0.4) is 0 Å². The van der Waals surface area contributed by atoms with Gasteiger partial charge in [-0.2, -0.15) is 0 Å². The Morgan fingerprint density at radius 2 is 1.47 bits per heavy atom. The summed E-state index contributed by atoms with van der Waals surface area (Å²) in [6.07, 6.45) is 12.7. The lowest BCUT2D eigenvalue weighted by Crippen LogP contribution is -2.43. The van der Waals surface area contributed by atoms with E-state index in [4.69, 9.17) is 15.2 Å². The minimum Gasteiger partial charge on any atom is -0.463 e.